The molecule has 182 valence electrons. The van der Waals surface area contributed by atoms with Crippen molar-refractivity contribution in [3.63, 3.8) is 0 Å². The number of hydrogen-bond donors (Lipinski definition) is 4. The molecular weight excluding hydrogens is 434 g/mol. The largest absolute Gasteiger partial charge is 0.508 e. The van der Waals surface area contributed by atoms with Gasteiger partial charge in [-0.15, -0.1) is 0 Å². The number of aromatic hydroxyl groups is 2. The monoisotopic (exact) mass is 467 g/mol. The smallest absolute Gasteiger partial charge is 0.246 e. The van der Waals surface area contributed by atoms with Crippen LogP contribution >= 0.6 is 0 Å². The Hall–Kier alpha value is -3.78. The Labute approximate surface area is 200 Å². The van der Waals surface area contributed by atoms with Gasteiger partial charge in [0.25, 0.3) is 0 Å². The van der Waals surface area contributed by atoms with Crippen molar-refractivity contribution in [2.24, 2.45) is 5.73 Å². The Morgan fingerprint density at radius 3 is 2.35 bits per heavy atom. The summed E-state index contributed by atoms with van der Waals surface area (Å²) in [7, 11) is 1.47. The van der Waals surface area contributed by atoms with Crippen LogP contribution in [0, 0.1) is 0 Å². The van der Waals surface area contributed by atoms with Gasteiger partial charge in [0, 0.05) is 31.8 Å². The third-order valence-corrected chi connectivity index (χ3v) is 5.04. The van der Waals surface area contributed by atoms with Crippen molar-refractivity contribution in [3.8, 4) is 17.2 Å². The molecule has 2 aromatic carbocycles. The predicted molar refractivity (Wildman–Crippen MR) is 133 cm³/mol. The van der Waals surface area contributed by atoms with Crippen LogP contribution in [-0.2, 0) is 9.59 Å². The number of phenols is 2. The third kappa shape index (κ3) is 9.38. The van der Waals surface area contributed by atoms with E-state index in [1.807, 2.05) is 0 Å². The number of carbonyl (C=O) groups excluding carboxylic acids is 2. The second-order valence-electron chi connectivity index (χ2n) is 7.66. The van der Waals surface area contributed by atoms with E-state index in [2.05, 4.69) is 5.32 Å². The molecule has 2 rings (SSSR count). The molecule has 8 nitrogen and oxygen atoms in total. The number of rotatable bonds is 13. The van der Waals surface area contributed by atoms with Crippen LogP contribution < -0.4 is 15.8 Å². The normalized spacial score (nSPS) is 11.1. The van der Waals surface area contributed by atoms with Crippen LogP contribution in [0.25, 0.3) is 12.2 Å². The molecule has 0 bridgehead atoms. The quantitative estimate of drug-likeness (QED) is 0.265. The Morgan fingerprint density at radius 2 is 1.65 bits per heavy atom. The highest BCUT2D eigenvalue weighted by Gasteiger charge is 2.10. The lowest BCUT2D eigenvalue weighted by molar-refractivity contribution is -0.126. The number of ether oxygens (including phenoxy) is 1. The number of hydrogen-bond acceptors (Lipinski definition) is 6. The van der Waals surface area contributed by atoms with E-state index in [-0.39, 0.29) is 23.3 Å². The predicted octanol–water partition coefficient (Wildman–Crippen LogP) is 2.91. The van der Waals surface area contributed by atoms with Crippen molar-refractivity contribution in [3.05, 3.63) is 65.7 Å². The minimum atomic E-state index is -0.227. The van der Waals surface area contributed by atoms with Gasteiger partial charge in [0.1, 0.15) is 5.75 Å². The van der Waals surface area contributed by atoms with Crippen molar-refractivity contribution in [1.82, 2.24) is 10.2 Å². The fourth-order valence-electron chi connectivity index (χ4n) is 3.15. The van der Waals surface area contributed by atoms with Gasteiger partial charge >= 0.3 is 0 Å². The van der Waals surface area contributed by atoms with E-state index in [1.165, 1.54) is 25.3 Å². The van der Waals surface area contributed by atoms with Gasteiger partial charge in [-0.3, -0.25) is 9.59 Å². The maximum absolute atomic E-state index is 12.8. The third-order valence-electron chi connectivity index (χ3n) is 5.04. The van der Waals surface area contributed by atoms with Crippen LogP contribution in [0.1, 0.15) is 30.4 Å². The lowest BCUT2D eigenvalue weighted by Gasteiger charge is -2.21. The van der Waals surface area contributed by atoms with E-state index in [0.717, 1.165) is 24.0 Å². The summed E-state index contributed by atoms with van der Waals surface area (Å²) in [5.74, 6) is 0.182. The maximum atomic E-state index is 12.8. The first-order chi connectivity index (χ1) is 16.4. The van der Waals surface area contributed by atoms with E-state index in [1.54, 1.807) is 53.5 Å². The Kier molecular flexibility index (Phi) is 11.2. The molecule has 5 N–H and O–H groups in total. The summed E-state index contributed by atoms with van der Waals surface area (Å²) >= 11 is 0. The zero-order valence-electron chi connectivity index (χ0n) is 19.4. The van der Waals surface area contributed by atoms with Crippen LogP contribution in [-0.4, -0.2) is 60.2 Å². The van der Waals surface area contributed by atoms with Crippen molar-refractivity contribution in [1.29, 1.82) is 0 Å². The summed E-state index contributed by atoms with van der Waals surface area (Å²) in [6.45, 7) is 2.06. The average Bonchev–Trinajstić information content (AvgIpc) is 2.84. The first-order valence-electron chi connectivity index (χ1n) is 11.2. The van der Waals surface area contributed by atoms with E-state index in [0.29, 0.717) is 38.3 Å². The highest BCUT2D eigenvalue weighted by Crippen LogP contribution is 2.26. The second kappa shape index (κ2) is 14.4. The lowest BCUT2D eigenvalue weighted by Crippen LogP contribution is -2.34. The zero-order chi connectivity index (χ0) is 24.8. The number of nitrogens with two attached hydrogens (primary N) is 1. The summed E-state index contributed by atoms with van der Waals surface area (Å²) in [4.78, 5) is 26.5. The molecular formula is C26H33N3O5. The van der Waals surface area contributed by atoms with Crippen LogP contribution in [0.2, 0.25) is 0 Å². The van der Waals surface area contributed by atoms with Crippen molar-refractivity contribution < 1.29 is 24.5 Å². The molecule has 2 amide bonds. The minimum absolute atomic E-state index is 0.0364. The molecule has 0 heterocycles. The molecule has 34 heavy (non-hydrogen) atoms. The number of benzene rings is 2. The Balaban J connectivity index is 1.86. The standard InChI is InChI=1S/C26H33N3O5/c1-34-24-19-21(7-12-23(24)31)9-14-26(33)29(17-3-2-15-27)18-4-16-28-25(32)13-8-20-5-10-22(30)11-6-20/h5-14,19,30-31H,2-4,15-18,27H2,1H3,(H,28,32)/b13-8+,14-9+. The molecule has 0 aliphatic heterocycles. The zero-order valence-corrected chi connectivity index (χ0v) is 19.4. The van der Waals surface area contributed by atoms with Gasteiger partial charge in [0.05, 0.1) is 7.11 Å². The van der Waals surface area contributed by atoms with Gasteiger partial charge in [-0.25, -0.2) is 0 Å². The number of methoxy groups -OCH3 is 1. The molecule has 0 aliphatic rings. The summed E-state index contributed by atoms with van der Waals surface area (Å²) in [5, 5.41) is 21.8. The summed E-state index contributed by atoms with van der Waals surface area (Å²) in [6, 6.07) is 11.4. The Bertz CT molecular complexity index is 986. The highest BCUT2D eigenvalue weighted by molar-refractivity contribution is 5.92. The topological polar surface area (TPSA) is 125 Å². The molecule has 0 spiro atoms. The van der Waals surface area contributed by atoms with E-state index >= 15 is 0 Å². The molecule has 0 saturated carbocycles. The number of amides is 2. The fourth-order valence-corrected chi connectivity index (χ4v) is 3.15. The Morgan fingerprint density at radius 1 is 0.971 bits per heavy atom. The van der Waals surface area contributed by atoms with Gasteiger partial charge in [-0.1, -0.05) is 18.2 Å². The van der Waals surface area contributed by atoms with E-state index in [9.17, 15) is 19.8 Å². The van der Waals surface area contributed by atoms with Crippen LogP contribution in [0.5, 0.6) is 17.2 Å². The summed E-state index contributed by atoms with van der Waals surface area (Å²) in [5.41, 5.74) is 7.12. The number of nitrogens with one attached hydrogen (secondary N) is 1. The van der Waals surface area contributed by atoms with Crippen LogP contribution in [0.3, 0.4) is 0 Å². The van der Waals surface area contributed by atoms with Crippen molar-refractivity contribution in [2.45, 2.75) is 19.3 Å². The summed E-state index contributed by atoms with van der Waals surface area (Å²) in [6.07, 6.45) is 8.50. The van der Waals surface area contributed by atoms with Gasteiger partial charge in [-0.2, -0.15) is 0 Å². The molecule has 8 heteroatoms. The molecule has 2 aromatic rings. The van der Waals surface area contributed by atoms with Gasteiger partial charge in [0.2, 0.25) is 11.8 Å². The SMILES string of the molecule is COc1cc(/C=C/C(=O)N(CCCCN)CCCNC(=O)/C=C/c2ccc(O)cc2)ccc1O. The number of carbonyl (C=O) groups is 2. The first kappa shape index (κ1) is 26.5. The van der Waals surface area contributed by atoms with Gasteiger partial charge in [0.15, 0.2) is 11.5 Å². The van der Waals surface area contributed by atoms with Gasteiger partial charge in [-0.05, 0) is 73.4 Å². The van der Waals surface area contributed by atoms with Crippen LogP contribution in [0.15, 0.2) is 54.6 Å². The lowest BCUT2D eigenvalue weighted by atomic mass is 10.2. The van der Waals surface area contributed by atoms with Gasteiger partial charge < -0.3 is 30.9 Å². The summed E-state index contributed by atoms with van der Waals surface area (Å²) < 4.78 is 5.10. The highest BCUT2D eigenvalue weighted by atomic mass is 16.5. The molecule has 0 aromatic heterocycles. The first-order valence-corrected chi connectivity index (χ1v) is 11.2. The average molecular weight is 468 g/mol. The molecule has 0 radical (unpaired) electrons. The van der Waals surface area contributed by atoms with E-state index in [4.69, 9.17) is 10.5 Å². The molecule has 0 atom stereocenters. The molecule has 0 unspecified atom stereocenters. The number of phenolic OH excluding ortho intramolecular Hbond substituents is 2. The van der Waals surface area contributed by atoms with Crippen LogP contribution in [0.4, 0.5) is 0 Å². The number of unbranched alkanes of at least 4 members (excludes halogenated alkanes) is 1. The molecule has 0 fully saturated rings. The second-order valence-corrected chi connectivity index (χ2v) is 7.66. The maximum Gasteiger partial charge on any atom is 0.246 e. The van der Waals surface area contributed by atoms with Crippen molar-refractivity contribution in [2.75, 3.05) is 33.3 Å². The fraction of sp³-hybridized carbons (Fsp3) is 0.308. The number of nitrogens with zero attached hydrogens (tertiary/aromatic N) is 1. The molecule has 0 aliphatic carbocycles. The molecule has 0 saturated heterocycles. The van der Waals surface area contributed by atoms with Crippen molar-refractivity contribution >= 4 is 24.0 Å². The minimum Gasteiger partial charge on any atom is -0.508 e. The van der Waals surface area contributed by atoms with E-state index < -0.39 is 0 Å².